The van der Waals surface area contributed by atoms with Crippen LogP contribution in [0.25, 0.3) is 10.9 Å². The Kier molecular flexibility index (Phi) is 7.62. The van der Waals surface area contributed by atoms with Gasteiger partial charge in [0.25, 0.3) is 11.5 Å². The van der Waals surface area contributed by atoms with Gasteiger partial charge < -0.3 is 24.7 Å². The largest absolute Gasteiger partial charge is 0.458 e. The third kappa shape index (κ3) is 5.70. The van der Waals surface area contributed by atoms with Gasteiger partial charge in [0.05, 0.1) is 30.2 Å². The minimum absolute atomic E-state index is 0.0261. The van der Waals surface area contributed by atoms with Crippen LogP contribution in [0.5, 0.6) is 0 Å². The lowest BCUT2D eigenvalue weighted by molar-refractivity contribution is -0.176. The van der Waals surface area contributed by atoms with Crippen LogP contribution < -0.4 is 10.9 Å². The molecule has 4 heterocycles. The average Bonchev–Trinajstić information content (AvgIpc) is 3.58. The number of hydrogen-bond acceptors (Lipinski definition) is 8. The molecule has 2 aliphatic heterocycles. The van der Waals surface area contributed by atoms with Crippen molar-refractivity contribution < 1.29 is 19.1 Å². The smallest absolute Gasteiger partial charge is 0.335 e. The van der Waals surface area contributed by atoms with Crippen LogP contribution in [0.4, 0.5) is 11.5 Å². The number of benzene rings is 1. The fourth-order valence-corrected chi connectivity index (χ4v) is 5.63. The first-order valence-corrected chi connectivity index (χ1v) is 14.0. The maximum absolute atomic E-state index is 13.0. The number of anilines is 2. The van der Waals surface area contributed by atoms with Gasteiger partial charge in [-0.15, -0.1) is 0 Å². The number of pyridine rings is 1. The van der Waals surface area contributed by atoms with E-state index in [4.69, 9.17) is 14.6 Å². The number of aromatic nitrogens is 3. The topological polar surface area (TPSA) is 142 Å². The number of ether oxygens (including phenoxy) is 2. The number of carbonyl (C=O) groups excluding carboxylic acids is 2. The molecule has 1 aromatic carbocycles. The molecule has 41 heavy (non-hydrogen) atoms. The number of aryl methyl sites for hydroxylation is 1. The standard InChI is InChI=1S/C30H36N6O5/c1-19-17-20(7-8-21(19)27(38)35-15-5-6-16-35)33-25-24-22(10-14-32-26(24)37)36(34-25)30(12-13-31)11-9-23(40-18-30)28(39)41-29(2,3)4/h7-8,10,14,17,23H,5-6,9,11-12,15-16,18H2,1-4H3,(H,32,37)(H,33,34)/t23-,30-/m0/s1. The molecule has 0 bridgehead atoms. The SMILES string of the molecule is Cc1cc(Nc2nn([C@]3(CC#N)CC[C@@H](C(=O)OC(C)(C)C)OC3)c3cc[nH]c(=O)c23)ccc1C(=O)N1CCCC1. The van der Waals surface area contributed by atoms with Gasteiger partial charge in [-0.3, -0.25) is 14.3 Å². The number of aromatic amines is 1. The van der Waals surface area contributed by atoms with E-state index in [9.17, 15) is 19.6 Å². The summed E-state index contributed by atoms with van der Waals surface area (Å²) < 4.78 is 13.2. The van der Waals surface area contributed by atoms with Crippen LogP contribution >= 0.6 is 0 Å². The van der Waals surface area contributed by atoms with E-state index in [2.05, 4.69) is 16.4 Å². The van der Waals surface area contributed by atoms with Crippen LogP contribution in [0.2, 0.25) is 0 Å². The number of amides is 1. The zero-order valence-corrected chi connectivity index (χ0v) is 24.0. The predicted octanol–water partition coefficient (Wildman–Crippen LogP) is 4.14. The van der Waals surface area contributed by atoms with Gasteiger partial charge in [-0.05, 0) is 83.2 Å². The van der Waals surface area contributed by atoms with Gasteiger partial charge in [-0.2, -0.15) is 10.4 Å². The molecule has 11 nitrogen and oxygen atoms in total. The monoisotopic (exact) mass is 560 g/mol. The van der Waals surface area contributed by atoms with Gasteiger partial charge in [-0.1, -0.05) is 0 Å². The van der Waals surface area contributed by atoms with E-state index >= 15 is 0 Å². The number of hydrogen-bond donors (Lipinski definition) is 2. The molecule has 1 amide bonds. The maximum atomic E-state index is 13.0. The van der Waals surface area contributed by atoms with E-state index < -0.39 is 23.2 Å². The molecule has 0 aliphatic carbocycles. The Bertz CT molecular complexity index is 1560. The number of rotatable bonds is 6. The first-order valence-electron chi connectivity index (χ1n) is 14.0. The molecule has 0 saturated carbocycles. The Morgan fingerprint density at radius 3 is 2.66 bits per heavy atom. The van der Waals surface area contributed by atoms with Crippen LogP contribution in [0.3, 0.4) is 0 Å². The zero-order valence-electron chi connectivity index (χ0n) is 24.0. The molecule has 11 heteroatoms. The highest BCUT2D eigenvalue weighted by molar-refractivity contribution is 5.97. The molecule has 3 aromatic rings. The number of esters is 1. The third-order valence-corrected chi connectivity index (χ3v) is 7.67. The quantitative estimate of drug-likeness (QED) is 0.428. The molecule has 2 fully saturated rings. The molecule has 0 unspecified atom stereocenters. The van der Waals surface area contributed by atoms with Gasteiger partial charge >= 0.3 is 5.97 Å². The van der Waals surface area contributed by atoms with E-state index in [1.807, 2.05) is 17.9 Å². The highest BCUT2D eigenvalue weighted by Gasteiger charge is 2.43. The van der Waals surface area contributed by atoms with Crippen molar-refractivity contribution in [2.75, 3.05) is 25.0 Å². The number of fused-ring (bicyclic) bond motifs is 1. The lowest BCUT2D eigenvalue weighted by atomic mass is 9.87. The van der Waals surface area contributed by atoms with Crippen LogP contribution in [-0.2, 0) is 19.8 Å². The highest BCUT2D eigenvalue weighted by atomic mass is 16.6. The molecule has 2 aliphatic rings. The average molecular weight is 561 g/mol. The first kappa shape index (κ1) is 28.4. The summed E-state index contributed by atoms with van der Waals surface area (Å²) in [5.74, 6) is -0.0844. The third-order valence-electron chi connectivity index (χ3n) is 7.67. The summed E-state index contributed by atoms with van der Waals surface area (Å²) in [5.41, 5.74) is 0.833. The normalized spacial score (nSPS) is 21.0. The molecule has 2 aromatic heterocycles. The van der Waals surface area contributed by atoms with Crippen LogP contribution in [0.15, 0.2) is 35.3 Å². The highest BCUT2D eigenvalue weighted by Crippen LogP contribution is 2.37. The van der Waals surface area contributed by atoms with Gasteiger partial charge in [0.2, 0.25) is 0 Å². The van der Waals surface area contributed by atoms with E-state index in [0.717, 1.165) is 31.5 Å². The number of nitrogens with zero attached hydrogens (tertiary/aromatic N) is 4. The maximum Gasteiger partial charge on any atom is 0.335 e. The Morgan fingerprint density at radius 2 is 2.02 bits per heavy atom. The Morgan fingerprint density at radius 1 is 1.27 bits per heavy atom. The van der Waals surface area contributed by atoms with Crippen molar-refractivity contribution in [1.82, 2.24) is 19.7 Å². The fraction of sp³-hybridized carbons (Fsp3) is 0.500. The predicted molar refractivity (Wildman–Crippen MR) is 153 cm³/mol. The van der Waals surface area contributed by atoms with Gasteiger partial charge in [0, 0.05) is 30.5 Å². The van der Waals surface area contributed by atoms with Gasteiger partial charge in [0.15, 0.2) is 11.9 Å². The summed E-state index contributed by atoms with van der Waals surface area (Å²) in [7, 11) is 0. The van der Waals surface area contributed by atoms with Crippen molar-refractivity contribution in [2.45, 2.75) is 77.0 Å². The summed E-state index contributed by atoms with van der Waals surface area (Å²) in [6.07, 6.45) is 3.69. The lowest BCUT2D eigenvalue weighted by Gasteiger charge is -2.39. The number of likely N-dealkylation sites (tertiary alicyclic amines) is 1. The van der Waals surface area contributed by atoms with Crippen molar-refractivity contribution in [2.24, 2.45) is 0 Å². The van der Waals surface area contributed by atoms with Crippen molar-refractivity contribution in [1.29, 1.82) is 5.26 Å². The number of nitrogens with one attached hydrogen (secondary N) is 2. The minimum atomic E-state index is -0.888. The van der Waals surface area contributed by atoms with Crippen molar-refractivity contribution in [3.8, 4) is 6.07 Å². The summed E-state index contributed by atoms with van der Waals surface area (Å²) in [6.45, 7) is 8.90. The van der Waals surface area contributed by atoms with Gasteiger partial charge in [0.1, 0.15) is 11.0 Å². The molecule has 2 atom stereocenters. The Balaban J connectivity index is 1.45. The molecule has 0 spiro atoms. The van der Waals surface area contributed by atoms with E-state index in [-0.39, 0.29) is 24.5 Å². The molecule has 5 rings (SSSR count). The van der Waals surface area contributed by atoms with Crippen molar-refractivity contribution in [3.05, 3.63) is 51.9 Å². The zero-order chi connectivity index (χ0) is 29.4. The van der Waals surface area contributed by atoms with E-state index in [1.54, 1.807) is 49.8 Å². The molecule has 2 N–H and O–H groups in total. The fourth-order valence-electron chi connectivity index (χ4n) is 5.63. The van der Waals surface area contributed by atoms with E-state index in [1.165, 1.54) is 0 Å². The van der Waals surface area contributed by atoms with Crippen LogP contribution in [0.1, 0.15) is 68.8 Å². The molecule has 2 saturated heterocycles. The summed E-state index contributed by atoms with van der Waals surface area (Å²) in [5, 5.41) is 18.2. The summed E-state index contributed by atoms with van der Waals surface area (Å²) >= 11 is 0. The van der Waals surface area contributed by atoms with E-state index in [0.29, 0.717) is 40.8 Å². The van der Waals surface area contributed by atoms with Crippen LogP contribution in [0, 0.1) is 18.3 Å². The molecular formula is C30H36N6O5. The minimum Gasteiger partial charge on any atom is -0.458 e. The Labute approximate surface area is 238 Å². The first-order chi connectivity index (χ1) is 19.5. The van der Waals surface area contributed by atoms with Crippen molar-refractivity contribution in [3.63, 3.8) is 0 Å². The summed E-state index contributed by atoms with van der Waals surface area (Å²) in [6, 6.07) is 9.46. The number of nitriles is 1. The second kappa shape index (κ2) is 11.0. The van der Waals surface area contributed by atoms with Gasteiger partial charge in [-0.25, -0.2) is 4.79 Å². The van der Waals surface area contributed by atoms with Crippen molar-refractivity contribution >= 4 is 34.3 Å². The summed E-state index contributed by atoms with van der Waals surface area (Å²) in [4.78, 5) is 43.2. The molecule has 216 valence electrons. The number of H-pyrrole nitrogens is 1. The second-order valence-electron chi connectivity index (χ2n) is 11.9. The number of carbonyl (C=O) groups is 2. The second-order valence-corrected chi connectivity index (χ2v) is 11.9. The molecular weight excluding hydrogens is 524 g/mol. The Hall–Kier alpha value is -4.17. The van der Waals surface area contributed by atoms with Crippen LogP contribution in [-0.4, -0.2) is 62.9 Å². The lowest BCUT2D eigenvalue weighted by Crippen LogP contribution is -2.47. The molecule has 0 radical (unpaired) electrons.